The standard InChI is InChI=1S/C23H30N2O4/c26-21(24-13-10-23(11-14-24)28-15-16-29-23)18-5-7-19(8-6-18)22(27)25-12-9-17-3-1-2-4-20(17)25/h1-4,18-19H,5-16H2. The molecular formula is C23H30N2O4. The second-order valence-electron chi connectivity index (χ2n) is 8.85. The minimum atomic E-state index is -0.438. The smallest absolute Gasteiger partial charge is 0.230 e. The molecule has 1 aromatic carbocycles. The lowest BCUT2D eigenvalue weighted by Gasteiger charge is -2.40. The second-order valence-corrected chi connectivity index (χ2v) is 8.85. The molecule has 4 aliphatic rings. The zero-order valence-corrected chi connectivity index (χ0v) is 17.0. The van der Waals surface area contributed by atoms with Gasteiger partial charge in [-0.25, -0.2) is 0 Å². The van der Waals surface area contributed by atoms with Crippen LogP contribution in [-0.4, -0.2) is 55.3 Å². The van der Waals surface area contributed by atoms with Crippen molar-refractivity contribution >= 4 is 17.5 Å². The molecule has 1 saturated carbocycles. The van der Waals surface area contributed by atoms with E-state index in [2.05, 4.69) is 12.1 Å². The molecule has 0 atom stereocenters. The van der Waals surface area contributed by atoms with Crippen LogP contribution in [0.2, 0.25) is 0 Å². The Morgan fingerprint density at radius 3 is 2.17 bits per heavy atom. The van der Waals surface area contributed by atoms with E-state index in [0.29, 0.717) is 26.3 Å². The molecule has 29 heavy (non-hydrogen) atoms. The van der Waals surface area contributed by atoms with Gasteiger partial charge in [-0.3, -0.25) is 9.59 Å². The first-order valence-corrected chi connectivity index (χ1v) is 11.1. The van der Waals surface area contributed by atoms with Crippen molar-refractivity contribution in [2.75, 3.05) is 37.7 Å². The van der Waals surface area contributed by atoms with Crippen molar-refractivity contribution in [2.45, 2.75) is 50.7 Å². The van der Waals surface area contributed by atoms with Gasteiger partial charge < -0.3 is 19.3 Å². The molecule has 5 rings (SSSR count). The summed E-state index contributed by atoms with van der Waals surface area (Å²) in [5.74, 6) is 0.179. The number of carbonyl (C=O) groups excluding carboxylic acids is 2. The van der Waals surface area contributed by atoms with E-state index in [9.17, 15) is 9.59 Å². The SMILES string of the molecule is O=C(C1CCC(C(=O)N2CCc3ccccc32)CC1)N1CCC2(CC1)OCCO2. The van der Waals surface area contributed by atoms with Gasteiger partial charge in [-0.15, -0.1) is 0 Å². The van der Waals surface area contributed by atoms with Crippen molar-refractivity contribution in [1.29, 1.82) is 0 Å². The topological polar surface area (TPSA) is 59.1 Å². The Labute approximate surface area is 172 Å². The number of likely N-dealkylation sites (tertiary alicyclic amines) is 1. The Hall–Kier alpha value is -1.92. The molecule has 3 heterocycles. The molecular weight excluding hydrogens is 368 g/mol. The molecule has 0 aromatic heterocycles. The summed E-state index contributed by atoms with van der Waals surface area (Å²) in [7, 11) is 0. The summed E-state index contributed by atoms with van der Waals surface area (Å²) in [5.41, 5.74) is 2.34. The van der Waals surface area contributed by atoms with Crippen molar-refractivity contribution in [3.63, 3.8) is 0 Å². The summed E-state index contributed by atoms with van der Waals surface area (Å²) >= 11 is 0. The van der Waals surface area contributed by atoms with Crippen LogP contribution in [0.3, 0.4) is 0 Å². The number of anilines is 1. The maximum atomic E-state index is 13.1. The predicted molar refractivity (Wildman–Crippen MR) is 108 cm³/mol. The van der Waals surface area contributed by atoms with E-state index in [1.165, 1.54) is 5.56 Å². The highest BCUT2D eigenvalue weighted by atomic mass is 16.7. The largest absolute Gasteiger partial charge is 0.347 e. The van der Waals surface area contributed by atoms with Crippen LogP contribution < -0.4 is 4.90 Å². The molecule has 1 aromatic rings. The maximum absolute atomic E-state index is 13.1. The normalized spacial score (nSPS) is 28.6. The van der Waals surface area contributed by atoms with Gasteiger partial charge in [-0.05, 0) is 43.7 Å². The number of hydrogen-bond donors (Lipinski definition) is 0. The minimum absolute atomic E-state index is 0.0510. The molecule has 156 valence electrons. The summed E-state index contributed by atoms with van der Waals surface area (Å²) < 4.78 is 11.5. The molecule has 0 unspecified atom stereocenters. The summed E-state index contributed by atoms with van der Waals surface area (Å²) in [6.45, 7) is 3.53. The van der Waals surface area contributed by atoms with Crippen LogP contribution in [0.25, 0.3) is 0 Å². The van der Waals surface area contributed by atoms with Gasteiger partial charge in [-0.2, -0.15) is 0 Å². The van der Waals surface area contributed by atoms with E-state index in [1.807, 2.05) is 21.9 Å². The van der Waals surface area contributed by atoms with Crippen LogP contribution in [0.5, 0.6) is 0 Å². The number of fused-ring (bicyclic) bond motifs is 1. The number of ether oxygens (including phenoxy) is 2. The molecule has 0 radical (unpaired) electrons. The highest BCUT2D eigenvalue weighted by Crippen LogP contribution is 2.37. The summed E-state index contributed by atoms with van der Waals surface area (Å²) in [6.07, 6.45) is 5.75. The number of piperidine rings is 1. The van der Waals surface area contributed by atoms with E-state index in [4.69, 9.17) is 9.47 Å². The average Bonchev–Trinajstić information content (AvgIpc) is 3.41. The zero-order valence-electron chi connectivity index (χ0n) is 17.0. The van der Waals surface area contributed by atoms with Gasteiger partial charge in [0.15, 0.2) is 5.79 Å². The first-order valence-electron chi connectivity index (χ1n) is 11.1. The Bertz CT molecular complexity index is 771. The first kappa shape index (κ1) is 19.1. The fraction of sp³-hybridized carbons (Fsp3) is 0.652. The Balaban J connectivity index is 1.14. The van der Waals surface area contributed by atoms with E-state index in [1.54, 1.807) is 0 Å². The van der Waals surface area contributed by atoms with Crippen molar-refractivity contribution < 1.29 is 19.1 Å². The lowest BCUT2D eigenvalue weighted by Crippen LogP contribution is -2.49. The predicted octanol–water partition coefficient (Wildman–Crippen LogP) is 2.75. The van der Waals surface area contributed by atoms with Gasteiger partial charge in [0.05, 0.1) is 13.2 Å². The van der Waals surface area contributed by atoms with Crippen LogP contribution in [0.4, 0.5) is 5.69 Å². The van der Waals surface area contributed by atoms with E-state index in [0.717, 1.165) is 57.2 Å². The van der Waals surface area contributed by atoms with E-state index >= 15 is 0 Å². The molecule has 1 aliphatic carbocycles. The third-order valence-electron chi connectivity index (χ3n) is 7.23. The van der Waals surface area contributed by atoms with Gasteiger partial charge in [0.1, 0.15) is 0 Å². The third-order valence-corrected chi connectivity index (χ3v) is 7.23. The minimum Gasteiger partial charge on any atom is -0.347 e. The zero-order chi connectivity index (χ0) is 19.8. The fourth-order valence-corrected chi connectivity index (χ4v) is 5.49. The van der Waals surface area contributed by atoms with Crippen LogP contribution in [0.15, 0.2) is 24.3 Å². The fourth-order valence-electron chi connectivity index (χ4n) is 5.49. The average molecular weight is 399 g/mol. The van der Waals surface area contributed by atoms with Crippen LogP contribution >= 0.6 is 0 Å². The molecule has 0 N–H and O–H groups in total. The van der Waals surface area contributed by atoms with Crippen molar-refractivity contribution in [1.82, 2.24) is 4.90 Å². The monoisotopic (exact) mass is 398 g/mol. The van der Waals surface area contributed by atoms with Crippen LogP contribution in [0.1, 0.15) is 44.1 Å². The number of benzene rings is 1. The number of para-hydroxylation sites is 1. The van der Waals surface area contributed by atoms with E-state index in [-0.39, 0.29) is 23.7 Å². The maximum Gasteiger partial charge on any atom is 0.230 e. The first-order chi connectivity index (χ1) is 14.2. The Kier molecular flexibility index (Phi) is 5.08. The highest BCUT2D eigenvalue weighted by Gasteiger charge is 2.42. The van der Waals surface area contributed by atoms with Crippen molar-refractivity contribution in [3.05, 3.63) is 29.8 Å². The van der Waals surface area contributed by atoms with Crippen molar-refractivity contribution in [2.24, 2.45) is 11.8 Å². The van der Waals surface area contributed by atoms with Gasteiger partial charge in [0.2, 0.25) is 11.8 Å². The molecule has 6 nitrogen and oxygen atoms in total. The highest BCUT2D eigenvalue weighted by molar-refractivity contribution is 5.97. The summed E-state index contributed by atoms with van der Waals surface area (Å²) in [4.78, 5) is 30.0. The lowest BCUT2D eigenvalue weighted by molar-refractivity contribution is -0.188. The second kappa shape index (κ2) is 7.73. The molecule has 0 bridgehead atoms. The molecule has 2 amide bonds. The molecule has 6 heteroatoms. The quantitative estimate of drug-likeness (QED) is 0.769. The molecule has 1 spiro atoms. The summed E-state index contributed by atoms with van der Waals surface area (Å²) in [5, 5.41) is 0. The number of hydrogen-bond acceptors (Lipinski definition) is 4. The molecule has 2 saturated heterocycles. The number of nitrogens with zero attached hydrogens (tertiary/aromatic N) is 2. The number of rotatable bonds is 2. The Morgan fingerprint density at radius 1 is 0.862 bits per heavy atom. The van der Waals surface area contributed by atoms with E-state index < -0.39 is 5.79 Å². The van der Waals surface area contributed by atoms with Crippen LogP contribution in [-0.2, 0) is 25.5 Å². The van der Waals surface area contributed by atoms with Gasteiger partial charge in [0, 0.05) is 50.0 Å². The Morgan fingerprint density at radius 2 is 1.48 bits per heavy atom. The number of carbonyl (C=O) groups is 2. The third kappa shape index (κ3) is 3.57. The number of amides is 2. The van der Waals surface area contributed by atoms with Gasteiger partial charge >= 0.3 is 0 Å². The summed E-state index contributed by atoms with van der Waals surface area (Å²) in [6, 6.07) is 8.21. The van der Waals surface area contributed by atoms with Crippen molar-refractivity contribution in [3.8, 4) is 0 Å². The van der Waals surface area contributed by atoms with Gasteiger partial charge in [0.25, 0.3) is 0 Å². The molecule has 3 fully saturated rings. The van der Waals surface area contributed by atoms with Gasteiger partial charge in [-0.1, -0.05) is 18.2 Å². The van der Waals surface area contributed by atoms with Crippen LogP contribution in [0, 0.1) is 11.8 Å². The molecule has 3 aliphatic heterocycles. The lowest BCUT2D eigenvalue weighted by atomic mass is 9.80.